The lowest BCUT2D eigenvalue weighted by Gasteiger charge is -2.44. The first kappa shape index (κ1) is 20.5. The molecular formula is C19H175N3O5S. The van der Waals surface area contributed by atoms with Crippen LogP contribution in [0.2, 0.25) is 0 Å². The average molecular weight is 559 g/mol. The van der Waals surface area contributed by atoms with Gasteiger partial charge in [-0.25, -0.2) is 4.79 Å². The molecule has 0 aromatic heterocycles. The number of thioether (sulfide) groups is 1. The molecule has 2 aliphatic rings. The van der Waals surface area contributed by atoms with Gasteiger partial charge in [-0.05, 0) is 51.9 Å². The van der Waals surface area contributed by atoms with Crippen LogP contribution < -0.4 is 10.6 Å². The van der Waals surface area contributed by atoms with E-state index in [0.29, 0.717) is 11.1 Å². The zero-order valence-electron chi connectivity index (χ0n) is 16.4. The SMILES string of the molecule is CN[C@@](C)(C(=O)N[C@@H]1C(=O)N2[C@@H]1SC(C)(C)[C@@H]2C(=O)O)c1ccc(O)c(C)c1.[HH].[HH].[HH].[HH].[HH].[HH].[HH].[HH].[HH].[HH].[HH].[HH].[HH].[HH].[HH].[HH].[HH].[HH].[HH].[HH].[HH].[HH].[HH].[HH].[HH].[HH].[HH].[HH].[HH].[HH].[HH].[HH].[HH].[HH].[HH].[HH].[HH].[HH].[HH].[HH].[HH].[HH].[HH].[HH].[HH].[HH].[HH].[HH].[HH].[HH].[HH].[HH].[HH].[HH].[HH].[HH].[HH].[HH].[HH].[HH].[HH].[HH].[HH].[HH].[HH].[HH].[HH].[HH].[HH].[HH].[HH].[HH].[HH].[HH].[HH]. The van der Waals surface area contributed by atoms with E-state index >= 15 is 0 Å². The van der Waals surface area contributed by atoms with E-state index in [1.165, 1.54) is 22.7 Å². The van der Waals surface area contributed by atoms with Crippen molar-refractivity contribution in [1.82, 2.24) is 15.5 Å². The highest BCUT2D eigenvalue weighted by molar-refractivity contribution is 8.01. The summed E-state index contributed by atoms with van der Waals surface area (Å²) >= 11 is 1.38. The second kappa shape index (κ2) is 6.66. The number of fused-ring (bicyclic) bond motifs is 1. The van der Waals surface area contributed by atoms with Crippen LogP contribution in [0.25, 0.3) is 0 Å². The van der Waals surface area contributed by atoms with Crippen LogP contribution in [0.3, 0.4) is 0 Å². The van der Waals surface area contributed by atoms with Crippen molar-refractivity contribution in [3.63, 3.8) is 0 Å². The van der Waals surface area contributed by atoms with Gasteiger partial charge in [-0.1, -0.05) is 12.1 Å². The topological polar surface area (TPSA) is 119 Å². The van der Waals surface area contributed by atoms with Crippen molar-refractivity contribution in [2.45, 2.75) is 55.4 Å². The predicted octanol–water partition coefficient (Wildman–Crippen LogP) is 19.2. The first-order valence-electron chi connectivity index (χ1n) is 8.97. The van der Waals surface area contributed by atoms with E-state index in [1.54, 1.807) is 46.9 Å². The molecule has 2 heterocycles. The molecule has 28 heavy (non-hydrogen) atoms. The monoisotopic (exact) mass is 558 g/mol. The van der Waals surface area contributed by atoms with Gasteiger partial charge in [-0.15, -0.1) is 11.8 Å². The van der Waals surface area contributed by atoms with Gasteiger partial charge < -0.3 is 25.7 Å². The Hall–Kier alpha value is -2.26. The summed E-state index contributed by atoms with van der Waals surface area (Å²) in [5, 5.41) is 24.6. The number of nitrogens with zero attached hydrogens (tertiary/aromatic N) is 1. The van der Waals surface area contributed by atoms with E-state index in [-0.39, 0.29) is 119 Å². The summed E-state index contributed by atoms with van der Waals surface area (Å²) in [6.45, 7) is 7.01. The van der Waals surface area contributed by atoms with Crippen molar-refractivity contribution in [1.29, 1.82) is 0 Å². The summed E-state index contributed by atoms with van der Waals surface area (Å²) in [5.41, 5.74) is 0.161. The highest BCUT2D eigenvalue weighted by atomic mass is 32.2. The third-order valence-corrected chi connectivity index (χ3v) is 7.26. The quantitative estimate of drug-likeness (QED) is 0.265. The van der Waals surface area contributed by atoms with Gasteiger partial charge in [0, 0.05) is 112 Å². The second-order valence-electron chi connectivity index (χ2n) is 7.93. The Labute approximate surface area is 279 Å². The average Bonchev–Trinajstić information content (AvgIpc) is 2.89. The number of carbonyl (C=O) groups is 3. The van der Waals surface area contributed by atoms with Crippen LogP contribution in [-0.2, 0) is 19.9 Å². The van der Waals surface area contributed by atoms with Gasteiger partial charge >= 0.3 is 5.97 Å². The van der Waals surface area contributed by atoms with Crippen LogP contribution in [0.15, 0.2) is 18.2 Å². The molecule has 2 saturated heterocycles. The van der Waals surface area contributed by atoms with E-state index in [9.17, 15) is 24.6 Å². The zero-order chi connectivity index (χ0) is 21.0. The summed E-state index contributed by atoms with van der Waals surface area (Å²) in [6.07, 6.45) is 0. The molecule has 0 radical (unpaired) electrons. The lowest BCUT2D eigenvalue weighted by molar-refractivity contribution is -0.161. The molecule has 1 aromatic carbocycles. The summed E-state index contributed by atoms with van der Waals surface area (Å²) in [7, 11) is 1.64. The minimum atomic E-state index is -1.12. The zero-order valence-corrected chi connectivity index (χ0v) is 17.3. The summed E-state index contributed by atoms with van der Waals surface area (Å²) in [5.74, 6) is -1.69. The molecule has 0 saturated carbocycles. The summed E-state index contributed by atoms with van der Waals surface area (Å²) < 4.78 is -0.647. The molecule has 1 aromatic rings. The number of aliphatic carboxylic acids is 1. The van der Waals surface area contributed by atoms with Crippen molar-refractivity contribution >= 4 is 29.5 Å². The molecule has 2 amide bonds. The van der Waals surface area contributed by atoms with E-state index in [4.69, 9.17) is 0 Å². The van der Waals surface area contributed by atoms with Crippen LogP contribution >= 0.6 is 11.8 Å². The van der Waals surface area contributed by atoms with Crippen molar-refractivity contribution in [2.75, 3.05) is 7.05 Å². The Morgan fingerprint density at radius 2 is 2.00 bits per heavy atom. The smallest absolute Gasteiger partial charge is 0.327 e. The predicted molar refractivity (Wildman–Crippen MR) is 263 cm³/mol. The van der Waals surface area contributed by atoms with E-state index < -0.39 is 39.6 Å². The fraction of sp³-hybridized carbons (Fsp3) is 0.526. The van der Waals surface area contributed by atoms with Crippen molar-refractivity contribution in [2.24, 2.45) is 0 Å². The number of rotatable bonds is 5. The molecule has 3 rings (SSSR count). The van der Waals surface area contributed by atoms with E-state index in [2.05, 4.69) is 10.6 Å². The minimum Gasteiger partial charge on any atom is -0.508 e. The number of hydrogen-bond donors (Lipinski definition) is 4. The third-order valence-electron chi connectivity index (χ3n) is 5.69. The van der Waals surface area contributed by atoms with Crippen LogP contribution in [0, 0.1) is 6.92 Å². The first-order chi connectivity index (χ1) is 12.9. The Morgan fingerprint density at radius 3 is 2.54 bits per heavy atom. The van der Waals surface area contributed by atoms with Gasteiger partial charge in [-0.3, -0.25) is 9.59 Å². The number of hydrogen-bond acceptors (Lipinski definition) is 6. The van der Waals surface area contributed by atoms with Gasteiger partial charge in [0.15, 0.2) is 0 Å². The van der Waals surface area contributed by atoms with Crippen molar-refractivity contribution in [3.05, 3.63) is 29.3 Å². The van der Waals surface area contributed by atoms with Gasteiger partial charge in [0.25, 0.3) is 0 Å². The molecule has 0 unspecified atom stereocenters. The number of carboxylic acids is 1. The number of carbonyl (C=O) groups excluding carboxylic acids is 2. The summed E-state index contributed by atoms with van der Waals surface area (Å²) in [6, 6.07) is 3.21. The molecule has 4 atom stereocenters. The van der Waals surface area contributed by atoms with E-state index in [0.717, 1.165) is 0 Å². The number of β-lactam (4-membered cyclic amide) rings is 1. The molecule has 0 spiro atoms. The first-order valence-corrected chi connectivity index (χ1v) is 9.85. The standard InChI is InChI=1S/C19H25N3O5S.75H2/c1-9-8-10(6-7-11(9)23)19(4,20-5)17(27)21-12-14(24)22-13(16(25)26)18(2,3)28-15(12)22;;;;;;;;;;;;;;;;;;;;;;;;;;;;;;;;;;;;;;;;;;;;;;;;;;;;;;;;;;;;;;;;;;;;;;;;;;;/h6-8,12-13,15,20,23H,1-5H3,(H,21,27)(H,25,26);75*1H/t12-,13+,15-,19-;;;;;;;;;;;;;;;;;;;;;;;;;;;;;;;;;;;;;;;;;;;;;;;;;;;;;;;;;;;;;;;;;;;;;;;;;;;/m1.........................................................................../s1. The number of aromatic hydroxyl groups is 1. The number of amides is 2. The molecule has 0 aliphatic carbocycles. The van der Waals surface area contributed by atoms with Crippen molar-refractivity contribution in [3.8, 4) is 5.75 Å². The van der Waals surface area contributed by atoms with Gasteiger partial charge in [-0.2, -0.15) is 0 Å². The Kier molecular flexibility index (Phi) is 4.87. The van der Waals surface area contributed by atoms with Gasteiger partial charge in [0.1, 0.15) is 28.7 Å². The highest BCUT2D eigenvalue weighted by Crippen LogP contribution is 2.50. The fourth-order valence-electron chi connectivity index (χ4n) is 3.79. The molecule has 2 fully saturated rings. The Balaban J connectivity index is -0.00000000169. The van der Waals surface area contributed by atoms with Crippen LogP contribution in [0.1, 0.15) is 139 Å². The number of benzene rings is 1. The largest absolute Gasteiger partial charge is 0.508 e. The van der Waals surface area contributed by atoms with Crippen LogP contribution in [-0.4, -0.2) is 62.1 Å². The van der Waals surface area contributed by atoms with Crippen molar-refractivity contribution < 1.29 is 132 Å². The van der Waals surface area contributed by atoms with Crippen LogP contribution in [0.5, 0.6) is 5.75 Å². The number of phenolic OH excluding ortho intramolecular Hbond substituents is 1. The Bertz CT molecular complexity index is 945. The number of likely N-dealkylation sites (N-methyl/N-ethyl adjacent to an activating group) is 1. The second-order valence-corrected chi connectivity index (χ2v) is 9.70. The number of aryl methyl sites for hydroxylation is 1. The number of carboxylic acid groups (broad SMARTS) is 1. The normalized spacial score (nSPS) is 27.5. The van der Waals surface area contributed by atoms with E-state index in [1.807, 2.05) is 0 Å². The fourth-order valence-corrected chi connectivity index (χ4v) is 5.41. The maximum atomic E-state index is 13.1. The molecular weight excluding hydrogens is 382 g/mol. The number of phenols is 1. The molecule has 4 N–H and O–H groups in total. The molecule has 8 nitrogen and oxygen atoms in total. The molecule has 2 aliphatic heterocycles. The highest BCUT2D eigenvalue weighted by Gasteiger charge is 2.64. The minimum absolute atomic E-state index is 0. The maximum absolute atomic E-state index is 13.1. The number of nitrogens with one attached hydrogen (secondary N) is 2. The Morgan fingerprint density at radius 1 is 1.36 bits per heavy atom. The maximum Gasteiger partial charge on any atom is 0.327 e. The van der Waals surface area contributed by atoms with Gasteiger partial charge in [0.05, 0.1) is 0 Å². The lowest BCUT2D eigenvalue weighted by atomic mass is 9.88. The molecule has 9 heteroatoms. The van der Waals surface area contributed by atoms with Gasteiger partial charge in [0.2, 0.25) is 11.8 Å². The summed E-state index contributed by atoms with van der Waals surface area (Å²) in [4.78, 5) is 38.6. The molecule has 0 bridgehead atoms. The van der Waals surface area contributed by atoms with Crippen LogP contribution in [0.4, 0.5) is 0 Å². The lowest BCUT2D eigenvalue weighted by Crippen LogP contribution is -2.72. The third kappa shape index (κ3) is 2.93. The molecule has 302 valence electrons.